The number of phenolic OH excluding ortho intramolecular Hbond substituents is 1. The topological polar surface area (TPSA) is 111 Å². The highest BCUT2D eigenvalue weighted by molar-refractivity contribution is 6.01. The lowest BCUT2D eigenvalue weighted by molar-refractivity contribution is -0.122. The van der Waals surface area contributed by atoms with Crippen LogP contribution < -0.4 is 5.32 Å². The average Bonchev–Trinajstić information content (AvgIpc) is 3.29. The van der Waals surface area contributed by atoms with E-state index in [4.69, 9.17) is 4.84 Å². The predicted molar refractivity (Wildman–Crippen MR) is 141 cm³/mol. The molecule has 37 heavy (non-hydrogen) atoms. The maximum atomic E-state index is 13.4. The van der Waals surface area contributed by atoms with Crippen molar-refractivity contribution in [1.82, 2.24) is 10.2 Å². The lowest BCUT2D eigenvalue weighted by Crippen LogP contribution is -2.40. The highest BCUT2D eigenvalue weighted by Crippen LogP contribution is 2.26. The molecule has 4 rings (SSSR count). The quantitative estimate of drug-likeness (QED) is 0.406. The third-order valence-electron chi connectivity index (χ3n) is 6.50. The minimum absolute atomic E-state index is 0.0116. The monoisotopic (exact) mass is 501 g/mol. The minimum atomic E-state index is -0.963. The molecule has 0 saturated carbocycles. The molecule has 1 aliphatic rings. The van der Waals surface area contributed by atoms with Gasteiger partial charge in [0.05, 0.1) is 18.4 Å². The summed E-state index contributed by atoms with van der Waals surface area (Å²) in [5, 5.41) is 26.7. The van der Waals surface area contributed by atoms with E-state index in [-0.39, 0.29) is 37.1 Å². The summed E-state index contributed by atoms with van der Waals surface area (Å²) in [7, 11) is 1.45. The Morgan fingerprint density at radius 1 is 1.11 bits per heavy atom. The number of likely N-dealkylation sites (tertiary alicyclic amines) is 1. The third-order valence-corrected chi connectivity index (χ3v) is 6.50. The molecule has 1 heterocycles. The van der Waals surface area contributed by atoms with Gasteiger partial charge in [-0.25, -0.2) is 0 Å². The number of aryl methyl sites for hydroxylation is 1. The predicted octanol–water partition coefficient (Wildman–Crippen LogP) is 3.82. The van der Waals surface area contributed by atoms with E-state index < -0.39 is 12.1 Å². The van der Waals surface area contributed by atoms with E-state index in [9.17, 15) is 19.8 Å². The van der Waals surface area contributed by atoms with E-state index in [1.165, 1.54) is 19.2 Å². The first-order valence-corrected chi connectivity index (χ1v) is 12.2. The number of aliphatic hydroxyl groups is 1. The van der Waals surface area contributed by atoms with Crippen molar-refractivity contribution >= 4 is 17.5 Å². The third kappa shape index (κ3) is 6.34. The van der Waals surface area contributed by atoms with Crippen LogP contribution in [0.25, 0.3) is 11.1 Å². The Balaban J connectivity index is 1.43. The number of rotatable bonds is 8. The van der Waals surface area contributed by atoms with E-state index >= 15 is 0 Å². The van der Waals surface area contributed by atoms with Gasteiger partial charge in [-0.3, -0.25) is 9.59 Å². The van der Waals surface area contributed by atoms with Gasteiger partial charge in [-0.15, -0.1) is 0 Å². The maximum absolute atomic E-state index is 13.4. The zero-order valence-electron chi connectivity index (χ0n) is 20.9. The molecule has 1 unspecified atom stereocenters. The Bertz CT molecular complexity index is 1290. The number of nitrogens with one attached hydrogen (secondary N) is 1. The van der Waals surface area contributed by atoms with Crippen LogP contribution in [0.5, 0.6) is 5.75 Å². The van der Waals surface area contributed by atoms with Crippen molar-refractivity contribution in [3.63, 3.8) is 0 Å². The van der Waals surface area contributed by atoms with E-state index in [1.807, 2.05) is 43.3 Å². The molecule has 0 radical (unpaired) electrons. The Kier molecular flexibility index (Phi) is 8.20. The van der Waals surface area contributed by atoms with Crippen LogP contribution in [-0.2, 0) is 9.63 Å². The number of oxime groups is 1. The molecule has 2 atom stereocenters. The van der Waals surface area contributed by atoms with E-state index in [0.29, 0.717) is 23.3 Å². The molecular formula is C29H31N3O5. The van der Waals surface area contributed by atoms with Crippen molar-refractivity contribution in [2.24, 2.45) is 5.16 Å². The summed E-state index contributed by atoms with van der Waals surface area (Å²) < 4.78 is 0. The van der Waals surface area contributed by atoms with Crippen LogP contribution in [0, 0.1) is 6.92 Å². The average molecular weight is 502 g/mol. The van der Waals surface area contributed by atoms with Crippen molar-refractivity contribution in [2.75, 3.05) is 20.2 Å². The van der Waals surface area contributed by atoms with Crippen LogP contribution in [0.15, 0.2) is 78.0 Å². The number of amides is 2. The number of phenols is 1. The van der Waals surface area contributed by atoms with Crippen LogP contribution >= 0.6 is 0 Å². The van der Waals surface area contributed by atoms with Crippen molar-refractivity contribution < 1.29 is 24.6 Å². The number of aliphatic hydroxyl groups excluding tert-OH is 1. The van der Waals surface area contributed by atoms with Crippen LogP contribution in [0.4, 0.5) is 0 Å². The number of hydrogen-bond acceptors (Lipinski definition) is 6. The lowest BCUT2D eigenvalue weighted by Gasteiger charge is -2.24. The van der Waals surface area contributed by atoms with Crippen LogP contribution in [0.3, 0.4) is 0 Å². The minimum Gasteiger partial charge on any atom is -0.508 e. The van der Waals surface area contributed by atoms with Gasteiger partial charge < -0.3 is 25.3 Å². The summed E-state index contributed by atoms with van der Waals surface area (Å²) in [5.74, 6) is -0.439. The van der Waals surface area contributed by atoms with Gasteiger partial charge >= 0.3 is 0 Å². The molecule has 0 spiro atoms. The standard InChI is InChI=1S/C29H31N3O5/c1-19-6-3-4-9-26(19)20-10-12-21(13-11-20)29(36)32-18-23(31-37-2)15-24(32)16-28(35)30-17-27(34)22-7-5-8-25(33)14-22/h3-14,24,27,33-34H,15-18H2,1-2H3,(H,30,35)/t24-,27?/m0/s1. The number of carbonyl (C=O) groups is 2. The Labute approximate surface area is 216 Å². The molecule has 1 saturated heterocycles. The first kappa shape index (κ1) is 25.9. The molecule has 192 valence electrons. The number of nitrogens with zero attached hydrogens (tertiary/aromatic N) is 2. The Hall–Kier alpha value is -4.17. The normalized spacial score (nSPS) is 17.0. The van der Waals surface area contributed by atoms with Gasteiger partial charge in [0.2, 0.25) is 5.91 Å². The molecule has 3 aromatic rings. The van der Waals surface area contributed by atoms with Gasteiger partial charge in [0.15, 0.2) is 0 Å². The fourth-order valence-electron chi connectivity index (χ4n) is 4.59. The summed E-state index contributed by atoms with van der Waals surface area (Å²) >= 11 is 0. The molecule has 0 aliphatic carbocycles. The van der Waals surface area contributed by atoms with Gasteiger partial charge in [-0.05, 0) is 53.4 Å². The number of aromatic hydroxyl groups is 1. The van der Waals surface area contributed by atoms with Crippen molar-refractivity contribution in [3.8, 4) is 16.9 Å². The largest absolute Gasteiger partial charge is 0.508 e. The molecule has 8 heteroatoms. The summed E-state index contributed by atoms with van der Waals surface area (Å²) in [6.45, 7) is 2.31. The van der Waals surface area contributed by atoms with Crippen molar-refractivity contribution in [1.29, 1.82) is 0 Å². The molecule has 3 N–H and O–H groups in total. The second kappa shape index (κ2) is 11.7. The summed E-state index contributed by atoms with van der Waals surface area (Å²) in [4.78, 5) is 32.7. The first-order valence-electron chi connectivity index (χ1n) is 12.2. The molecule has 1 fully saturated rings. The molecule has 8 nitrogen and oxygen atoms in total. The SMILES string of the molecule is CON=C1C[C@@H](CC(=O)NCC(O)c2cccc(O)c2)N(C(=O)c2ccc(-c3ccccc3C)cc2)C1. The van der Waals surface area contributed by atoms with Crippen LogP contribution in [0.2, 0.25) is 0 Å². The number of hydrogen-bond donors (Lipinski definition) is 3. The second-order valence-electron chi connectivity index (χ2n) is 9.14. The fourth-order valence-corrected chi connectivity index (χ4v) is 4.59. The molecule has 2 amide bonds. The van der Waals surface area contributed by atoms with Gasteiger partial charge in [0.1, 0.15) is 12.9 Å². The Morgan fingerprint density at radius 2 is 1.86 bits per heavy atom. The molecule has 3 aromatic carbocycles. The van der Waals surface area contributed by atoms with Crippen LogP contribution in [0.1, 0.15) is 40.4 Å². The van der Waals surface area contributed by atoms with Gasteiger partial charge in [-0.1, -0.05) is 53.7 Å². The zero-order chi connectivity index (χ0) is 26.4. The molecule has 1 aliphatic heterocycles. The zero-order valence-corrected chi connectivity index (χ0v) is 20.9. The van der Waals surface area contributed by atoms with Crippen molar-refractivity contribution in [2.45, 2.75) is 31.9 Å². The smallest absolute Gasteiger partial charge is 0.254 e. The molecular weight excluding hydrogens is 470 g/mol. The summed E-state index contributed by atoms with van der Waals surface area (Å²) in [5.41, 5.74) is 5.01. The lowest BCUT2D eigenvalue weighted by atomic mass is 9.99. The van der Waals surface area contributed by atoms with E-state index in [0.717, 1.165) is 16.7 Å². The van der Waals surface area contributed by atoms with Crippen LogP contribution in [-0.4, -0.2) is 58.9 Å². The molecule has 0 bridgehead atoms. The van der Waals surface area contributed by atoms with E-state index in [1.54, 1.807) is 29.2 Å². The Morgan fingerprint density at radius 3 is 2.57 bits per heavy atom. The van der Waals surface area contributed by atoms with Gasteiger partial charge in [0.25, 0.3) is 5.91 Å². The maximum Gasteiger partial charge on any atom is 0.254 e. The first-order chi connectivity index (χ1) is 17.9. The highest BCUT2D eigenvalue weighted by Gasteiger charge is 2.35. The van der Waals surface area contributed by atoms with Gasteiger partial charge in [0, 0.05) is 31.0 Å². The number of benzene rings is 3. The highest BCUT2D eigenvalue weighted by atomic mass is 16.6. The number of carbonyl (C=O) groups excluding carboxylic acids is 2. The summed E-state index contributed by atoms with van der Waals surface area (Å²) in [6.07, 6.45) is -0.485. The molecule has 0 aromatic heterocycles. The summed E-state index contributed by atoms with van der Waals surface area (Å²) in [6, 6.07) is 21.4. The van der Waals surface area contributed by atoms with Gasteiger partial charge in [-0.2, -0.15) is 0 Å². The fraction of sp³-hybridized carbons (Fsp3) is 0.276. The van der Waals surface area contributed by atoms with Crippen molar-refractivity contribution in [3.05, 3.63) is 89.5 Å². The van der Waals surface area contributed by atoms with E-state index in [2.05, 4.69) is 10.5 Å². The second-order valence-corrected chi connectivity index (χ2v) is 9.14.